The van der Waals surface area contributed by atoms with Crippen LogP contribution in [0.4, 0.5) is 0 Å². The van der Waals surface area contributed by atoms with E-state index >= 15 is 0 Å². The molecule has 0 amide bonds. The second kappa shape index (κ2) is 6.52. The van der Waals surface area contributed by atoms with Crippen molar-refractivity contribution < 1.29 is 14.9 Å². The van der Waals surface area contributed by atoms with E-state index in [1.165, 1.54) is 4.57 Å². The van der Waals surface area contributed by atoms with Gasteiger partial charge < -0.3 is 19.9 Å². The van der Waals surface area contributed by atoms with E-state index in [1.54, 1.807) is 6.92 Å². The van der Waals surface area contributed by atoms with Gasteiger partial charge in [0.15, 0.2) is 17.4 Å². The Balaban J connectivity index is 1.97. The van der Waals surface area contributed by atoms with Gasteiger partial charge in [0.25, 0.3) is 5.56 Å². The Bertz CT molecular complexity index is 905. The molecule has 1 saturated heterocycles. The summed E-state index contributed by atoms with van der Waals surface area (Å²) in [5, 5.41) is 20.8. The lowest BCUT2D eigenvalue weighted by atomic mass is 10.1. The van der Waals surface area contributed by atoms with Crippen molar-refractivity contribution in [1.82, 2.24) is 19.5 Å². The number of hydrogen-bond donors (Lipinski definition) is 3. The number of fused-ring (bicyclic) bond motifs is 1. The summed E-state index contributed by atoms with van der Waals surface area (Å²) in [4.78, 5) is 22.8. The molecule has 25 heavy (non-hydrogen) atoms. The molecule has 1 fully saturated rings. The molecule has 3 rings (SSSR count). The second-order valence-electron chi connectivity index (χ2n) is 7.07. The van der Waals surface area contributed by atoms with Gasteiger partial charge in [0, 0.05) is 0 Å². The smallest absolute Gasteiger partial charge is 0.279 e. The van der Waals surface area contributed by atoms with E-state index in [-0.39, 0.29) is 16.4 Å². The molecule has 3 heterocycles. The highest BCUT2D eigenvalue weighted by Gasteiger charge is 2.45. The van der Waals surface area contributed by atoms with Gasteiger partial charge in [-0.3, -0.25) is 9.36 Å². The minimum Gasteiger partial charge on any atom is -0.388 e. The summed E-state index contributed by atoms with van der Waals surface area (Å²) in [6.07, 6.45) is 1.78. The third-order valence-corrected chi connectivity index (χ3v) is 5.97. The van der Waals surface area contributed by atoms with Crippen molar-refractivity contribution in [2.24, 2.45) is 0 Å². The van der Waals surface area contributed by atoms with E-state index in [0.717, 1.165) is 6.16 Å². The molecule has 0 aromatic carbocycles. The number of aromatic amines is 1. The van der Waals surface area contributed by atoms with E-state index in [4.69, 9.17) is 16.3 Å². The summed E-state index contributed by atoms with van der Waals surface area (Å²) in [6, 6.07) is 0. The van der Waals surface area contributed by atoms with E-state index in [1.807, 2.05) is 0 Å². The molecule has 1 aliphatic rings. The van der Waals surface area contributed by atoms with Crippen molar-refractivity contribution in [3.8, 4) is 0 Å². The minimum atomic E-state index is -1.28. The molecule has 2 unspecified atom stereocenters. The van der Waals surface area contributed by atoms with Gasteiger partial charge in [-0.05, 0) is 44.4 Å². The monoisotopic (exact) mass is 388 g/mol. The van der Waals surface area contributed by atoms with Crippen molar-refractivity contribution in [1.29, 1.82) is 0 Å². The Kier molecular flexibility index (Phi) is 4.85. The van der Waals surface area contributed by atoms with Crippen molar-refractivity contribution in [2.45, 2.75) is 37.9 Å². The van der Waals surface area contributed by atoms with Gasteiger partial charge >= 0.3 is 0 Å². The SMILES string of the molecule is C=P(C)(C)CC[C@H]1OC(n2c(Cl)nc3c(=O)[nH]c(C)nc32)C(O)[C@@H]1O. The number of nitrogens with zero attached hydrogens (tertiary/aromatic N) is 3. The lowest BCUT2D eigenvalue weighted by molar-refractivity contribution is -0.0351. The minimum absolute atomic E-state index is 0.0273. The lowest BCUT2D eigenvalue weighted by Crippen LogP contribution is -2.32. The van der Waals surface area contributed by atoms with Crippen LogP contribution in [0.3, 0.4) is 0 Å². The first kappa shape index (κ1) is 18.6. The zero-order valence-corrected chi connectivity index (χ0v) is 16.0. The Hall–Kier alpha value is -1.18. The molecule has 0 bridgehead atoms. The average Bonchev–Trinajstić information content (AvgIpc) is 2.95. The first-order valence-corrected chi connectivity index (χ1v) is 11.3. The number of aliphatic hydroxyl groups is 2. The average molecular weight is 389 g/mol. The van der Waals surface area contributed by atoms with Crippen LogP contribution in [0.2, 0.25) is 5.28 Å². The molecule has 0 radical (unpaired) electrons. The van der Waals surface area contributed by atoms with Crippen LogP contribution >= 0.6 is 18.5 Å². The topological polar surface area (TPSA) is 113 Å². The quantitative estimate of drug-likeness (QED) is 0.527. The predicted octanol–water partition coefficient (Wildman–Crippen LogP) is 0.800. The zero-order chi connectivity index (χ0) is 18.5. The second-order valence-corrected chi connectivity index (χ2v) is 11.7. The standard InChI is InChI=1S/C15H22ClN4O4P/c1-7-17-12-9(13(23)18-7)19-15(16)20(12)14-11(22)10(21)8(24-14)5-6-25(2,3)4/h8,10-11,14,21-22H,2,5-6H2,1,3-4H3,(H,17,18,23)/t8-,10-,11?,14?/m1/s1. The van der Waals surface area contributed by atoms with Crippen LogP contribution in [0.5, 0.6) is 0 Å². The summed E-state index contributed by atoms with van der Waals surface area (Å²) >= 11 is 6.16. The van der Waals surface area contributed by atoms with Crippen LogP contribution in [0, 0.1) is 6.92 Å². The number of aliphatic hydroxyl groups excluding tert-OH is 2. The Morgan fingerprint density at radius 3 is 2.68 bits per heavy atom. The van der Waals surface area contributed by atoms with Crippen LogP contribution in [0.25, 0.3) is 11.2 Å². The van der Waals surface area contributed by atoms with E-state index in [2.05, 4.69) is 34.6 Å². The highest BCUT2D eigenvalue weighted by molar-refractivity contribution is 7.72. The number of aromatic nitrogens is 4. The molecule has 8 nitrogen and oxygen atoms in total. The summed E-state index contributed by atoms with van der Waals surface area (Å²) in [5.41, 5.74) is -0.140. The fourth-order valence-electron chi connectivity index (χ4n) is 2.95. The van der Waals surface area contributed by atoms with Crippen molar-refractivity contribution in [2.75, 3.05) is 19.5 Å². The normalized spacial score (nSPS) is 27.3. The van der Waals surface area contributed by atoms with Gasteiger partial charge in [-0.15, -0.1) is 13.2 Å². The van der Waals surface area contributed by atoms with Crippen LogP contribution in [-0.2, 0) is 4.74 Å². The third-order valence-electron chi connectivity index (χ3n) is 4.24. The molecular weight excluding hydrogens is 367 g/mol. The van der Waals surface area contributed by atoms with Crippen LogP contribution in [0.15, 0.2) is 4.79 Å². The number of H-pyrrole nitrogens is 1. The molecule has 138 valence electrons. The fraction of sp³-hybridized carbons (Fsp3) is 0.600. The van der Waals surface area contributed by atoms with Gasteiger partial charge in [0.05, 0.1) is 6.10 Å². The number of aryl methyl sites for hydroxylation is 1. The Morgan fingerprint density at radius 1 is 1.36 bits per heavy atom. The molecule has 2 aromatic heterocycles. The van der Waals surface area contributed by atoms with Crippen LogP contribution < -0.4 is 5.56 Å². The molecular formula is C15H22ClN4O4P. The number of imidazole rings is 1. The molecule has 0 saturated carbocycles. The van der Waals surface area contributed by atoms with E-state index < -0.39 is 37.0 Å². The Labute approximate surface area is 149 Å². The number of nitrogens with one attached hydrogen (secondary N) is 1. The Morgan fingerprint density at radius 2 is 2.04 bits per heavy atom. The fourth-order valence-corrected chi connectivity index (χ4v) is 4.16. The first-order valence-electron chi connectivity index (χ1n) is 7.92. The summed E-state index contributed by atoms with van der Waals surface area (Å²) in [5.74, 6) is 0.392. The third kappa shape index (κ3) is 3.55. The van der Waals surface area contributed by atoms with Crippen molar-refractivity contribution in [3.05, 3.63) is 21.5 Å². The molecule has 10 heteroatoms. The molecule has 1 aliphatic heterocycles. The maximum Gasteiger partial charge on any atom is 0.279 e. The van der Waals surface area contributed by atoms with Gasteiger partial charge in [-0.2, -0.15) is 0 Å². The predicted molar refractivity (Wildman–Crippen MR) is 99.2 cm³/mol. The number of hydrogen-bond acceptors (Lipinski definition) is 6. The summed E-state index contributed by atoms with van der Waals surface area (Å²) < 4.78 is 7.23. The number of ether oxygens (including phenoxy) is 1. The lowest BCUT2D eigenvalue weighted by Gasteiger charge is -2.19. The van der Waals surface area contributed by atoms with Gasteiger partial charge in [0.2, 0.25) is 5.28 Å². The van der Waals surface area contributed by atoms with Gasteiger partial charge in [-0.1, -0.05) is 0 Å². The highest BCUT2D eigenvalue weighted by atomic mass is 35.5. The number of rotatable bonds is 4. The van der Waals surface area contributed by atoms with Crippen molar-refractivity contribution in [3.63, 3.8) is 0 Å². The highest BCUT2D eigenvalue weighted by Crippen LogP contribution is 2.40. The van der Waals surface area contributed by atoms with Crippen LogP contribution in [-0.4, -0.2) is 73.8 Å². The van der Waals surface area contributed by atoms with Crippen LogP contribution in [0.1, 0.15) is 18.5 Å². The van der Waals surface area contributed by atoms with E-state index in [0.29, 0.717) is 12.2 Å². The molecule has 0 spiro atoms. The number of halogens is 1. The summed E-state index contributed by atoms with van der Waals surface area (Å²) in [6.45, 7) is 4.55. The molecule has 3 N–H and O–H groups in total. The van der Waals surface area contributed by atoms with Gasteiger partial charge in [-0.25, -0.2) is 9.97 Å². The largest absolute Gasteiger partial charge is 0.388 e. The molecule has 4 atom stereocenters. The molecule has 2 aromatic rings. The molecule has 0 aliphatic carbocycles. The summed E-state index contributed by atoms with van der Waals surface area (Å²) in [7, 11) is 0. The van der Waals surface area contributed by atoms with Gasteiger partial charge in [0.1, 0.15) is 18.0 Å². The zero-order valence-electron chi connectivity index (χ0n) is 14.3. The first-order chi connectivity index (χ1) is 11.6. The van der Waals surface area contributed by atoms with Crippen molar-refractivity contribution >= 4 is 36.0 Å². The van der Waals surface area contributed by atoms with E-state index in [9.17, 15) is 15.0 Å². The maximum absolute atomic E-state index is 12.0. The maximum atomic E-state index is 12.0.